The summed E-state index contributed by atoms with van der Waals surface area (Å²) in [6.45, 7) is 0. The third-order valence-electron chi connectivity index (χ3n) is 6.19. The third kappa shape index (κ3) is 3.55. The van der Waals surface area contributed by atoms with Crippen LogP contribution in [0.1, 0.15) is 39.6 Å². The molecular formula is C24H21F2N3O3. The highest BCUT2D eigenvalue weighted by molar-refractivity contribution is 5.97. The first kappa shape index (κ1) is 20.4. The van der Waals surface area contributed by atoms with Crippen molar-refractivity contribution < 1.29 is 23.1 Å². The monoisotopic (exact) mass is 437 g/mol. The molecule has 32 heavy (non-hydrogen) atoms. The average molecular weight is 437 g/mol. The van der Waals surface area contributed by atoms with Gasteiger partial charge in [-0.1, -0.05) is 30.3 Å². The van der Waals surface area contributed by atoms with Crippen molar-refractivity contribution in [2.75, 3.05) is 7.11 Å². The number of amides is 1. The standard InChI is InChI=1S/C24H21F2N3O3/c1-32-24(31)19(9-13-5-3-2-4-6-13)27-23(30)21-17-11-14-10-16(14)22(17)29(28-21)20-8-7-15(25)12-18(20)26/h2-8,12,14,16,19H,9-11H2,1H3,(H,27,30)/t14-,16-,19?/m1/s1. The van der Waals surface area contributed by atoms with Crippen molar-refractivity contribution in [1.82, 2.24) is 15.1 Å². The summed E-state index contributed by atoms with van der Waals surface area (Å²) in [6.07, 6.45) is 1.90. The van der Waals surface area contributed by atoms with Crippen LogP contribution in [0.5, 0.6) is 0 Å². The summed E-state index contributed by atoms with van der Waals surface area (Å²) < 4.78 is 34.2. The molecule has 0 aliphatic heterocycles. The van der Waals surface area contributed by atoms with Crippen LogP contribution >= 0.6 is 0 Å². The molecule has 6 nitrogen and oxygen atoms in total. The Labute approximate surface area is 183 Å². The van der Waals surface area contributed by atoms with Gasteiger partial charge in [0.15, 0.2) is 11.5 Å². The minimum atomic E-state index is -0.894. The molecule has 8 heteroatoms. The van der Waals surface area contributed by atoms with Gasteiger partial charge in [0.2, 0.25) is 0 Å². The number of halogens is 2. The Morgan fingerprint density at radius 2 is 2.00 bits per heavy atom. The molecule has 5 rings (SSSR count). The molecule has 1 amide bonds. The van der Waals surface area contributed by atoms with Gasteiger partial charge < -0.3 is 10.1 Å². The smallest absolute Gasteiger partial charge is 0.328 e. The topological polar surface area (TPSA) is 73.2 Å². The summed E-state index contributed by atoms with van der Waals surface area (Å²) in [7, 11) is 1.27. The fourth-order valence-electron chi connectivity index (χ4n) is 4.55. The van der Waals surface area contributed by atoms with E-state index in [1.54, 1.807) is 0 Å². The van der Waals surface area contributed by atoms with E-state index in [1.165, 1.54) is 23.9 Å². The van der Waals surface area contributed by atoms with Gasteiger partial charge in [0.25, 0.3) is 5.91 Å². The number of methoxy groups -OCH3 is 1. The number of rotatable bonds is 6. The second-order valence-electron chi connectivity index (χ2n) is 8.27. The predicted molar refractivity (Wildman–Crippen MR) is 111 cm³/mol. The molecule has 1 saturated carbocycles. The van der Waals surface area contributed by atoms with Gasteiger partial charge in [-0.15, -0.1) is 0 Å². The van der Waals surface area contributed by atoms with Gasteiger partial charge in [0.05, 0.1) is 12.8 Å². The van der Waals surface area contributed by atoms with Crippen LogP contribution < -0.4 is 5.32 Å². The highest BCUT2D eigenvalue weighted by Crippen LogP contribution is 2.57. The molecule has 1 N–H and O–H groups in total. The third-order valence-corrected chi connectivity index (χ3v) is 6.19. The highest BCUT2D eigenvalue weighted by atomic mass is 19.1. The largest absolute Gasteiger partial charge is 0.467 e. The number of nitrogens with one attached hydrogen (secondary N) is 1. The van der Waals surface area contributed by atoms with Gasteiger partial charge >= 0.3 is 5.97 Å². The Balaban J connectivity index is 1.47. The lowest BCUT2D eigenvalue weighted by Gasteiger charge is -2.16. The Morgan fingerprint density at radius 3 is 2.72 bits per heavy atom. The van der Waals surface area contributed by atoms with Crippen LogP contribution in [0.15, 0.2) is 48.5 Å². The van der Waals surface area contributed by atoms with Gasteiger partial charge in [-0.25, -0.2) is 18.3 Å². The number of nitrogens with zero attached hydrogens (tertiary/aromatic N) is 2. The molecule has 0 radical (unpaired) electrons. The fourth-order valence-corrected chi connectivity index (χ4v) is 4.55. The second-order valence-corrected chi connectivity index (χ2v) is 8.27. The zero-order valence-electron chi connectivity index (χ0n) is 17.3. The molecule has 1 aromatic heterocycles. The van der Waals surface area contributed by atoms with Crippen LogP contribution in [0.25, 0.3) is 5.69 Å². The van der Waals surface area contributed by atoms with E-state index in [1.807, 2.05) is 30.3 Å². The van der Waals surface area contributed by atoms with Gasteiger partial charge in [-0.05, 0) is 36.5 Å². The maximum Gasteiger partial charge on any atom is 0.328 e. The molecule has 1 unspecified atom stereocenters. The van der Waals surface area contributed by atoms with Crippen LogP contribution in [0.2, 0.25) is 0 Å². The van der Waals surface area contributed by atoms with E-state index < -0.39 is 29.6 Å². The van der Waals surface area contributed by atoms with E-state index in [2.05, 4.69) is 10.4 Å². The van der Waals surface area contributed by atoms with Crippen molar-refractivity contribution in [3.8, 4) is 5.69 Å². The number of ether oxygens (including phenoxy) is 1. The molecule has 3 aromatic rings. The lowest BCUT2D eigenvalue weighted by molar-refractivity contribution is -0.142. The summed E-state index contributed by atoms with van der Waals surface area (Å²) in [4.78, 5) is 25.5. The van der Waals surface area contributed by atoms with Crippen molar-refractivity contribution in [3.05, 3.63) is 82.7 Å². The molecule has 2 aliphatic carbocycles. The van der Waals surface area contributed by atoms with E-state index in [0.29, 0.717) is 12.3 Å². The SMILES string of the molecule is COC(=O)C(Cc1ccccc1)NC(=O)c1nn(-c2ccc(F)cc2F)c2c1C[C@H]1C[C@@H]21. The fraction of sp³-hybridized carbons (Fsp3) is 0.292. The number of hydrogen-bond donors (Lipinski definition) is 1. The van der Waals surface area contributed by atoms with E-state index in [9.17, 15) is 18.4 Å². The maximum absolute atomic E-state index is 14.5. The molecule has 2 aromatic carbocycles. The van der Waals surface area contributed by atoms with Gasteiger partial charge in [0.1, 0.15) is 17.5 Å². The van der Waals surface area contributed by atoms with E-state index in [0.717, 1.165) is 29.3 Å². The molecule has 0 bridgehead atoms. The zero-order chi connectivity index (χ0) is 22.4. The van der Waals surface area contributed by atoms with Crippen LogP contribution in [0, 0.1) is 17.6 Å². The number of fused-ring (bicyclic) bond motifs is 3. The van der Waals surface area contributed by atoms with Gasteiger partial charge in [-0.3, -0.25) is 4.79 Å². The van der Waals surface area contributed by atoms with Crippen molar-refractivity contribution >= 4 is 11.9 Å². The maximum atomic E-state index is 14.5. The van der Waals surface area contributed by atoms with Gasteiger partial charge in [0, 0.05) is 24.0 Å². The first-order valence-corrected chi connectivity index (χ1v) is 10.5. The lowest BCUT2D eigenvalue weighted by atomic mass is 10.1. The van der Waals surface area contributed by atoms with Crippen molar-refractivity contribution in [2.24, 2.45) is 5.92 Å². The van der Waals surface area contributed by atoms with E-state index in [-0.39, 0.29) is 23.7 Å². The minimum absolute atomic E-state index is 0.100. The molecule has 1 heterocycles. The van der Waals surface area contributed by atoms with Crippen molar-refractivity contribution in [3.63, 3.8) is 0 Å². The predicted octanol–water partition coefficient (Wildman–Crippen LogP) is 3.32. The molecule has 1 fully saturated rings. The van der Waals surface area contributed by atoms with Crippen molar-refractivity contribution in [1.29, 1.82) is 0 Å². The average Bonchev–Trinajstić information content (AvgIpc) is 3.29. The normalized spacial score (nSPS) is 19.1. The number of carbonyl (C=O) groups is 2. The Bertz CT molecular complexity index is 1210. The van der Waals surface area contributed by atoms with Crippen LogP contribution in [0.3, 0.4) is 0 Å². The lowest BCUT2D eigenvalue weighted by Crippen LogP contribution is -2.43. The number of benzene rings is 2. The molecular weight excluding hydrogens is 416 g/mol. The number of hydrogen-bond acceptors (Lipinski definition) is 4. The molecule has 0 saturated heterocycles. The highest BCUT2D eigenvalue weighted by Gasteiger charge is 2.50. The number of esters is 1. The minimum Gasteiger partial charge on any atom is -0.467 e. The van der Waals surface area contributed by atoms with Crippen LogP contribution in [-0.2, 0) is 22.4 Å². The summed E-state index contributed by atoms with van der Waals surface area (Å²) in [5.74, 6) is -1.89. The Hall–Kier alpha value is -3.55. The van der Waals surface area contributed by atoms with Crippen molar-refractivity contribution in [2.45, 2.75) is 31.2 Å². The number of aromatic nitrogens is 2. The Morgan fingerprint density at radius 1 is 1.22 bits per heavy atom. The summed E-state index contributed by atoms with van der Waals surface area (Å²) >= 11 is 0. The number of carbonyl (C=O) groups excluding carboxylic acids is 2. The summed E-state index contributed by atoms with van der Waals surface area (Å²) in [6, 6.07) is 11.7. The van der Waals surface area contributed by atoms with Gasteiger partial charge in [-0.2, -0.15) is 5.10 Å². The molecule has 0 spiro atoms. The summed E-state index contributed by atoms with van der Waals surface area (Å²) in [5.41, 5.74) is 2.69. The van der Waals surface area contributed by atoms with Crippen LogP contribution in [0.4, 0.5) is 8.78 Å². The summed E-state index contributed by atoms with van der Waals surface area (Å²) in [5, 5.41) is 7.14. The van der Waals surface area contributed by atoms with E-state index >= 15 is 0 Å². The molecule has 3 atom stereocenters. The second kappa shape index (κ2) is 7.85. The van der Waals surface area contributed by atoms with E-state index in [4.69, 9.17) is 4.74 Å². The quantitative estimate of drug-likeness (QED) is 0.601. The van der Waals surface area contributed by atoms with Crippen LogP contribution in [-0.4, -0.2) is 34.8 Å². The molecule has 2 aliphatic rings. The first-order valence-electron chi connectivity index (χ1n) is 10.5. The molecule has 164 valence electrons. The first-order chi connectivity index (χ1) is 15.5. The zero-order valence-corrected chi connectivity index (χ0v) is 17.3. The Kier molecular flexibility index (Phi) is 5.00.